The van der Waals surface area contributed by atoms with E-state index in [0.29, 0.717) is 60.9 Å². The van der Waals surface area contributed by atoms with Gasteiger partial charge < -0.3 is 32.1 Å². The van der Waals surface area contributed by atoms with Crippen LogP contribution < -0.4 is 27.6 Å². The third kappa shape index (κ3) is 4.36. The van der Waals surface area contributed by atoms with E-state index in [1.165, 1.54) is 12.3 Å². The van der Waals surface area contributed by atoms with Crippen molar-refractivity contribution in [3.63, 3.8) is 0 Å². The lowest BCUT2D eigenvalue weighted by atomic mass is 10.0. The molecule has 4 aliphatic rings. The molecule has 1 atom stereocenters. The van der Waals surface area contributed by atoms with Gasteiger partial charge in [0.1, 0.15) is 30.0 Å². The summed E-state index contributed by atoms with van der Waals surface area (Å²) in [6, 6.07) is 10.6. The zero-order chi connectivity index (χ0) is 27.8. The van der Waals surface area contributed by atoms with Crippen LogP contribution in [-0.4, -0.2) is 70.0 Å². The minimum absolute atomic E-state index is 0. The summed E-state index contributed by atoms with van der Waals surface area (Å²) in [6.45, 7) is 2.73. The first-order chi connectivity index (χ1) is 19.2. The van der Waals surface area contributed by atoms with E-state index >= 15 is 4.39 Å². The molecule has 0 bridgehead atoms. The van der Waals surface area contributed by atoms with E-state index < -0.39 is 23.2 Å². The second-order valence-electron chi connectivity index (χ2n) is 10.9. The molecular weight excluding hydrogens is 553 g/mol. The number of carboxylic acids is 2. The number of carbonyl (C=O) groups is 2. The third-order valence-corrected chi connectivity index (χ3v) is 8.37. The minimum Gasteiger partial charge on any atom is -1.00 e. The smallest absolute Gasteiger partial charge is 0.341 e. The molecule has 212 valence electrons. The number of aromatic carboxylic acids is 1. The number of carboxylic acid groups (broad SMARTS) is 2. The van der Waals surface area contributed by atoms with Gasteiger partial charge in [-0.1, -0.05) is 23.3 Å². The Bertz CT molecular complexity index is 1750. The number of pyridine rings is 1. The van der Waals surface area contributed by atoms with Gasteiger partial charge in [0.25, 0.3) is 0 Å². The summed E-state index contributed by atoms with van der Waals surface area (Å²) in [5.74, 6) is -2.47. The van der Waals surface area contributed by atoms with Crippen LogP contribution in [0.25, 0.3) is 17.0 Å². The molecular formula is C29H27ClFN5O5. The Morgan fingerprint density at radius 2 is 1.80 bits per heavy atom. The highest BCUT2D eigenvalue weighted by Gasteiger charge is 2.46. The van der Waals surface area contributed by atoms with Gasteiger partial charge in [0, 0.05) is 30.6 Å². The molecule has 41 heavy (non-hydrogen) atoms. The molecule has 12 heteroatoms. The van der Waals surface area contributed by atoms with Gasteiger partial charge in [0.15, 0.2) is 6.67 Å². The van der Waals surface area contributed by atoms with Gasteiger partial charge in [-0.05, 0) is 42.7 Å². The molecule has 2 fully saturated rings. The minimum atomic E-state index is -1.32. The lowest BCUT2D eigenvalue weighted by Gasteiger charge is -2.30. The van der Waals surface area contributed by atoms with Crippen LogP contribution in [0.5, 0.6) is 0 Å². The maximum Gasteiger partial charge on any atom is 0.341 e. The maximum absolute atomic E-state index is 15.6. The summed E-state index contributed by atoms with van der Waals surface area (Å²) in [6.07, 6.45) is 5.50. The van der Waals surface area contributed by atoms with Crippen LogP contribution in [-0.2, 0) is 4.79 Å². The Kier molecular flexibility index (Phi) is 6.39. The van der Waals surface area contributed by atoms with E-state index in [0.717, 1.165) is 24.1 Å². The molecule has 1 saturated carbocycles. The predicted molar refractivity (Wildman–Crippen MR) is 147 cm³/mol. The van der Waals surface area contributed by atoms with Crippen molar-refractivity contribution in [1.82, 2.24) is 4.57 Å². The molecule has 1 unspecified atom stereocenters. The normalized spacial score (nSPS) is 21.5. The highest BCUT2D eigenvalue weighted by atomic mass is 35.5. The van der Waals surface area contributed by atoms with Gasteiger partial charge in [-0.15, -0.1) is 0 Å². The zero-order valence-electron chi connectivity index (χ0n) is 22.0. The molecule has 10 nitrogen and oxygen atoms in total. The van der Waals surface area contributed by atoms with Crippen LogP contribution >= 0.6 is 0 Å². The number of aliphatic carboxylic acids is 1. The lowest BCUT2D eigenvalue weighted by Crippen LogP contribution is -3.00. The van der Waals surface area contributed by atoms with Crippen LogP contribution in [0, 0.1) is 5.82 Å². The first-order valence-electron chi connectivity index (χ1n) is 13.4. The van der Waals surface area contributed by atoms with Crippen molar-refractivity contribution < 1.29 is 41.2 Å². The van der Waals surface area contributed by atoms with Crippen LogP contribution in [0.3, 0.4) is 0 Å². The molecule has 3 aliphatic heterocycles. The van der Waals surface area contributed by atoms with E-state index in [1.54, 1.807) is 16.7 Å². The van der Waals surface area contributed by atoms with E-state index in [9.17, 15) is 24.6 Å². The number of nitrogens with zero attached hydrogens (tertiary/aromatic N) is 5. The van der Waals surface area contributed by atoms with Crippen molar-refractivity contribution in [2.75, 3.05) is 42.6 Å². The van der Waals surface area contributed by atoms with Crippen LogP contribution in [0.4, 0.5) is 15.8 Å². The molecule has 2 N–H and O–H groups in total. The lowest BCUT2D eigenvalue weighted by molar-refractivity contribution is -0.926. The second-order valence-corrected chi connectivity index (χ2v) is 10.9. The van der Waals surface area contributed by atoms with Crippen molar-refractivity contribution in [2.24, 2.45) is 5.10 Å². The van der Waals surface area contributed by atoms with Crippen molar-refractivity contribution in [2.45, 2.75) is 25.3 Å². The fourth-order valence-electron chi connectivity index (χ4n) is 6.22. The average Bonchev–Trinajstić information content (AvgIpc) is 3.72. The van der Waals surface area contributed by atoms with E-state index in [-0.39, 0.29) is 35.0 Å². The fourth-order valence-corrected chi connectivity index (χ4v) is 6.22. The summed E-state index contributed by atoms with van der Waals surface area (Å²) in [4.78, 5) is 40.6. The molecule has 0 radical (unpaired) electrons. The number of hydrogen-bond donors (Lipinski definition) is 2. The molecule has 4 heterocycles. The monoisotopic (exact) mass is 579 g/mol. The Balaban J connectivity index is 0.00000302. The number of fused-ring (bicyclic) bond motifs is 4. The SMILES string of the molecule is O=C(O)C1=Cc2ccccc2N2C[N+]3(CCCN(c4cc5c(cc4F)c(=O)c(C(=O)O)cn5C4CC4)CC3)N=C12.[Cl-]. The van der Waals surface area contributed by atoms with Gasteiger partial charge in [-0.25, -0.2) is 14.0 Å². The highest BCUT2D eigenvalue weighted by Crippen LogP contribution is 2.39. The first kappa shape index (κ1) is 27.0. The molecule has 1 aromatic heterocycles. The van der Waals surface area contributed by atoms with Crippen molar-refractivity contribution in [3.8, 4) is 0 Å². The van der Waals surface area contributed by atoms with Crippen LogP contribution in [0.1, 0.15) is 41.2 Å². The largest absolute Gasteiger partial charge is 1.00 e. The third-order valence-electron chi connectivity index (χ3n) is 8.37. The summed E-state index contributed by atoms with van der Waals surface area (Å²) < 4.78 is 17.7. The van der Waals surface area contributed by atoms with Gasteiger partial charge in [0.05, 0.1) is 23.4 Å². The number of amidine groups is 1. The highest BCUT2D eigenvalue weighted by molar-refractivity contribution is 6.29. The number of rotatable bonds is 4. The van der Waals surface area contributed by atoms with Crippen LogP contribution in [0.15, 0.2) is 58.1 Å². The Hall–Kier alpha value is -4.22. The quantitative estimate of drug-likeness (QED) is 0.432. The van der Waals surface area contributed by atoms with Gasteiger partial charge in [-0.3, -0.25) is 9.69 Å². The molecule has 1 spiro atoms. The first-order valence-corrected chi connectivity index (χ1v) is 13.4. The van der Waals surface area contributed by atoms with E-state index in [2.05, 4.69) is 0 Å². The topological polar surface area (TPSA) is 115 Å². The summed E-state index contributed by atoms with van der Waals surface area (Å²) in [5, 5.41) is 24.5. The standard InChI is InChI=1S/C29H26FN5O5.ClH/c30-22-13-19-24(33(18-6-7-18)15-21(26(19)36)29(39)40)14-25(22)32-8-3-10-35(11-9-32)16-34-23-5-2-1-4-17(23)12-20(28(37)38)27(34)31-35;/h1-2,4-5,12-15,18H,3,6-11,16H2,(H-,37,38,39,40);1H. The Morgan fingerprint density at radius 3 is 2.54 bits per heavy atom. The Morgan fingerprint density at radius 1 is 1.02 bits per heavy atom. The molecule has 3 aromatic rings. The van der Waals surface area contributed by atoms with Crippen molar-refractivity contribution >= 4 is 46.1 Å². The molecule has 1 aliphatic carbocycles. The molecule has 1 saturated heterocycles. The van der Waals surface area contributed by atoms with Gasteiger partial charge >= 0.3 is 11.9 Å². The second kappa shape index (κ2) is 9.71. The Labute approximate surface area is 240 Å². The van der Waals surface area contributed by atoms with Gasteiger partial charge in [-0.2, -0.15) is 4.59 Å². The van der Waals surface area contributed by atoms with E-state index in [1.807, 2.05) is 34.1 Å². The number of para-hydroxylation sites is 1. The number of halogens is 2. The summed E-state index contributed by atoms with van der Waals surface area (Å²) in [5.41, 5.74) is 1.78. The predicted octanol–water partition coefficient (Wildman–Crippen LogP) is 0.477. The average molecular weight is 580 g/mol. The number of aromatic nitrogens is 1. The number of anilines is 2. The molecule has 2 aromatic carbocycles. The fraction of sp³-hybridized carbons (Fsp3) is 0.310. The zero-order valence-corrected chi connectivity index (χ0v) is 22.7. The van der Waals surface area contributed by atoms with Crippen molar-refractivity contribution in [1.29, 1.82) is 0 Å². The maximum atomic E-state index is 15.6. The van der Waals surface area contributed by atoms with Crippen molar-refractivity contribution in [3.05, 3.63) is 75.3 Å². The number of hydrogen-bond acceptors (Lipinski definition) is 6. The van der Waals surface area contributed by atoms with Crippen LogP contribution in [0.2, 0.25) is 0 Å². The number of quaternary nitrogens is 1. The summed E-state index contributed by atoms with van der Waals surface area (Å²) >= 11 is 0. The number of benzene rings is 2. The molecule has 0 amide bonds. The van der Waals surface area contributed by atoms with Gasteiger partial charge in [0.2, 0.25) is 11.3 Å². The summed E-state index contributed by atoms with van der Waals surface area (Å²) in [7, 11) is 0. The van der Waals surface area contributed by atoms with E-state index in [4.69, 9.17) is 5.10 Å². The molecule has 7 rings (SSSR count).